The van der Waals surface area contributed by atoms with Gasteiger partial charge in [0.05, 0.1) is 48.6 Å². The second kappa shape index (κ2) is 11.3. The van der Waals surface area contributed by atoms with Crippen LogP contribution < -0.4 is 29.5 Å². The molecule has 0 saturated carbocycles. The van der Waals surface area contributed by atoms with Crippen molar-refractivity contribution in [3.8, 4) is 22.8 Å². The number of allylic oxidation sites excluding steroid dienone is 1. The van der Waals surface area contributed by atoms with Gasteiger partial charge in [0, 0.05) is 11.6 Å². The highest BCUT2D eigenvalue weighted by Gasteiger charge is 2.34. The minimum Gasteiger partial charge on any atom is -0.545 e. The topological polar surface area (TPSA) is 132 Å². The lowest BCUT2D eigenvalue weighted by Crippen LogP contribution is -2.39. The van der Waals surface area contributed by atoms with Gasteiger partial charge in [-0.1, -0.05) is 35.6 Å². The number of nitrogens with zero attached hydrogens (tertiary/aromatic N) is 2. The highest BCUT2D eigenvalue weighted by Crippen LogP contribution is 2.36. The molecule has 210 valence electrons. The van der Waals surface area contributed by atoms with Crippen LogP contribution in [0.3, 0.4) is 0 Å². The second-order valence-corrected chi connectivity index (χ2v) is 10.00. The number of furan rings is 1. The summed E-state index contributed by atoms with van der Waals surface area (Å²) in [6, 6.07) is 13.9. The summed E-state index contributed by atoms with van der Waals surface area (Å²) >= 11 is 1.16. The quantitative estimate of drug-likeness (QED) is 0.294. The van der Waals surface area contributed by atoms with Crippen molar-refractivity contribution in [3.63, 3.8) is 0 Å². The molecule has 1 aliphatic heterocycles. The number of carbonyl (C=O) groups excluding carboxylic acids is 2. The molecule has 3 heterocycles. The van der Waals surface area contributed by atoms with Gasteiger partial charge >= 0.3 is 5.97 Å². The fraction of sp³-hybridized carbons (Fsp3) is 0.200. The van der Waals surface area contributed by atoms with Crippen LogP contribution in [-0.4, -0.2) is 37.3 Å². The number of carboxylic acids is 1. The van der Waals surface area contributed by atoms with Crippen LogP contribution in [-0.2, 0) is 9.53 Å². The Labute approximate surface area is 238 Å². The van der Waals surface area contributed by atoms with Crippen LogP contribution >= 0.6 is 11.3 Å². The average molecular weight is 574 g/mol. The Morgan fingerprint density at radius 1 is 1.10 bits per heavy atom. The molecule has 0 N–H and O–H groups in total. The first-order valence-corrected chi connectivity index (χ1v) is 13.4. The first kappa shape index (κ1) is 27.7. The van der Waals surface area contributed by atoms with E-state index in [1.54, 1.807) is 62.4 Å². The van der Waals surface area contributed by atoms with Gasteiger partial charge in [-0.05, 0) is 55.3 Å². The van der Waals surface area contributed by atoms with Crippen molar-refractivity contribution in [2.24, 2.45) is 4.99 Å². The summed E-state index contributed by atoms with van der Waals surface area (Å²) in [7, 11) is 3.03. The highest BCUT2D eigenvalue weighted by molar-refractivity contribution is 7.07. The lowest BCUT2D eigenvalue weighted by atomic mass is 9.95. The highest BCUT2D eigenvalue weighted by atomic mass is 32.1. The summed E-state index contributed by atoms with van der Waals surface area (Å²) in [5.74, 6) is -0.112. The molecule has 10 nitrogen and oxygen atoms in total. The van der Waals surface area contributed by atoms with Crippen molar-refractivity contribution >= 4 is 29.4 Å². The molecule has 0 aliphatic carbocycles. The third kappa shape index (κ3) is 5.19. The van der Waals surface area contributed by atoms with Gasteiger partial charge in [0.25, 0.3) is 5.56 Å². The zero-order valence-electron chi connectivity index (χ0n) is 22.6. The van der Waals surface area contributed by atoms with E-state index in [2.05, 4.69) is 4.99 Å². The summed E-state index contributed by atoms with van der Waals surface area (Å²) < 4.78 is 23.9. The van der Waals surface area contributed by atoms with Crippen LogP contribution in [0.25, 0.3) is 17.4 Å². The number of rotatable bonds is 8. The number of aromatic nitrogens is 1. The molecular formula is C30H25N2O8S-. The maximum atomic E-state index is 13.8. The Morgan fingerprint density at radius 2 is 1.88 bits per heavy atom. The molecule has 0 spiro atoms. The smallest absolute Gasteiger partial charge is 0.338 e. The molecule has 1 aliphatic rings. The van der Waals surface area contributed by atoms with Crippen LogP contribution in [0.1, 0.15) is 41.6 Å². The summed E-state index contributed by atoms with van der Waals surface area (Å²) in [5, 5.41) is 11.2. The first-order chi connectivity index (χ1) is 19.7. The predicted molar refractivity (Wildman–Crippen MR) is 148 cm³/mol. The van der Waals surface area contributed by atoms with Crippen LogP contribution in [0.5, 0.6) is 11.5 Å². The molecular weight excluding hydrogens is 548 g/mol. The van der Waals surface area contributed by atoms with E-state index in [0.717, 1.165) is 11.3 Å². The number of aromatic carboxylic acids is 1. The van der Waals surface area contributed by atoms with E-state index in [0.29, 0.717) is 49.2 Å². The zero-order chi connectivity index (χ0) is 29.3. The van der Waals surface area contributed by atoms with Gasteiger partial charge in [0.2, 0.25) is 0 Å². The molecule has 1 atom stereocenters. The molecule has 0 saturated heterocycles. The Bertz CT molecular complexity index is 1880. The Hall–Kier alpha value is -4.90. The van der Waals surface area contributed by atoms with Gasteiger partial charge in [0.1, 0.15) is 11.5 Å². The third-order valence-electron chi connectivity index (χ3n) is 6.52. The Morgan fingerprint density at radius 3 is 2.59 bits per heavy atom. The summed E-state index contributed by atoms with van der Waals surface area (Å²) in [5.41, 5.74) is 1.49. The van der Waals surface area contributed by atoms with Gasteiger partial charge in [-0.2, -0.15) is 0 Å². The number of carboxylic acid groups (broad SMARTS) is 1. The third-order valence-corrected chi connectivity index (χ3v) is 7.51. The number of ether oxygens (including phenoxy) is 3. The van der Waals surface area contributed by atoms with Crippen molar-refractivity contribution in [1.82, 2.24) is 4.57 Å². The van der Waals surface area contributed by atoms with Gasteiger partial charge < -0.3 is 28.5 Å². The number of thiazole rings is 1. The van der Waals surface area contributed by atoms with Gasteiger partial charge in [-0.25, -0.2) is 9.79 Å². The number of methoxy groups -OCH3 is 2. The maximum absolute atomic E-state index is 13.8. The van der Waals surface area contributed by atoms with Gasteiger partial charge in [0.15, 0.2) is 16.3 Å². The monoisotopic (exact) mass is 573 g/mol. The van der Waals surface area contributed by atoms with Crippen molar-refractivity contribution in [2.45, 2.75) is 19.9 Å². The van der Waals surface area contributed by atoms with Crippen LogP contribution in [0, 0.1) is 0 Å². The van der Waals surface area contributed by atoms with E-state index in [-0.39, 0.29) is 23.3 Å². The molecule has 2 aromatic carbocycles. The SMILES string of the molecule is CCOC(=O)C1=C(C)N=c2s/c(=C\c3ccc(-c4cccc(C(=O)[O-])c4)o3)c(=O)n2[C@@H]1c1ccc(OC)c(OC)c1. The van der Waals surface area contributed by atoms with E-state index < -0.39 is 18.0 Å². The second-order valence-electron chi connectivity index (χ2n) is 8.99. The number of hydrogen-bond acceptors (Lipinski definition) is 10. The fourth-order valence-corrected chi connectivity index (χ4v) is 5.67. The lowest BCUT2D eigenvalue weighted by molar-refractivity contribution is -0.255. The average Bonchev–Trinajstić information content (AvgIpc) is 3.56. The Balaban J connectivity index is 1.64. The number of fused-ring (bicyclic) bond motifs is 1. The van der Waals surface area contributed by atoms with E-state index >= 15 is 0 Å². The van der Waals surface area contributed by atoms with Crippen LogP contribution in [0.2, 0.25) is 0 Å². The van der Waals surface area contributed by atoms with Gasteiger partial charge in [-0.3, -0.25) is 9.36 Å². The summed E-state index contributed by atoms with van der Waals surface area (Å²) in [4.78, 5) is 43.2. The molecule has 5 rings (SSSR count). The van der Waals surface area contributed by atoms with Crippen molar-refractivity contribution in [1.29, 1.82) is 0 Å². The maximum Gasteiger partial charge on any atom is 0.338 e. The fourth-order valence-electron chi connectivity index (χ4n) is 4.64. The van der Waals surface area contributed by atoms with E-state index in [4.69, 9.17) is 18.6 Å². The van der Waals surface area contributed by atoms with E-state index in [9.17, 15) is 19.5 Å². The molecule has 2 aromatic heterocycles. The Kier molecular flexibility index (Phi) is 7.62. The standard InChI is InChI=1S/C30H26N2O8S/c1-5-39-29(36)25-16(2)31-30-32(26(25)18-9-11-22(37-3)23(14-18)38-4)27(33)24(41-30)15-20-10-12-21(40-20)17-7-6-8-19(13-17)28(34)35/h6-15,26H,5H2,1-4H3,(H,34,35)/p-1/b24-15-/t26-/m1/s1. The van der Waals surface area contributed by atoms with E-state index in [1.165, 1.54) is 30.9 Å². The summed E-state index contributed by atoms with van der Waals surface area (Å²) in [6.07, 6.45) is 1.59. The molecule has 0 radical (unpaired) electrons. The molecule has 0 amide bonds. The zero-order valence-corrected chi connectivity index (χ0v) is 23.4. The van der Waals surface area contributed by atoms with Crippen LogP contribution in [0.15, 0.2) is 80.1 Å². The molecule has 4 aromatic rings. The minimum absolute atomic E-state index is 0.0247. The molecule has 0 fully saturated rings. The van der Waals surface area contributed by atoms with Crippen molar-refractivity contribution < 1.29 is 33.3 Å². The number of esters is 1. The van der Waals surface area contributed by atoms with Crippen LogP contribution in [0.4, 0.5) is 0 Å². The van der Waals surface area contributed by atoms with Crippen molar-refractivity contribution in [2.75, 3.05) is 20.8 Å². The van der Waals surface area contributed by atoms with Crippen molar-refractivity contribution in [3.05, 3.63) is 102 Å². The first-order valence-electron chi connectivity index (χ1n) is 12.6. The largest absolute Gasteiger partial charge is 0.545 e. The molecule has 41 heavy (non-hydrogen) atoms. The number of hydrogen-bond donors (Lipinski definition) is 0. The minimum atomic E-state index is -1.29. The lowest BCUT2D eigenvalue weighted by Gasteiger charge is -2.25. The normalized spacial score (nSPS) is 14.8. The predicted octanol–water partition coefficient (Wildman–Crippen LogP) is 2.44. The van der Waals surface area contributed by atoms with E-state index in [1.807, 2.05) is 0 Å². The number of carbonyl (C=O) groups is 2. The van der Waals surface area contributed by atoms with Gasteiger partial charge in [-0.15, -0.1) is 0 Å². The number of benzene rings is 2. The molecule has 11 heteroatoms. The molecule has 0 bridgehead atoms. The summed E-state index contributed by atoms with van der Waals surface area (Å²) in [6.45, 7) is 3.57. The molecule has 0 unspecified atom stereocenters.